The van der Waals surface area contributed by atoms with Gasteiger partial charge in [-0.15, -0.1) is 0 Å². The molecular weight excluding hydrogens is 584 g/mol. The zero-order chi connectivity index (χ0) is 25.6. The van der Waals surface area contributed by atoms with Crippen LogP contribution in [0.5, 0.6) is 0 Å². The molecule has 0 fully saturated rings. The van der Waals surface area contributed by atoms with Crippen molar-refractivity contribution >= 4 is 50.8 Å². The fraction of sp³-hybridized carbons (Fsp3) is 0.364. The van der Waals surface area contributed by atoms with Crippen molar-refractivity contribution < 1.29 is 32.8 Å². The summed E-state index contributed by atoms with van der Waals surface area (Å²) in [7, 11) is -1.83. The average Bonchev–Trinajstić information content (AvgIpc) is 2.73. The average molecular weight is 608 g/mol. The predicted molar refractivity (Wildman–Crippen MR) is 130 cm³/mol. The Morgan fingerprint density at radius 1 is 1.06 bits per heavy atom. The molecule has 34 heavy (non-hydrogen) atoms. The summed E-state index contributed by atoms with van der Waals surface area (Å²) < 4.78 is 39.7. The zero-order valence-electron chi connectivity index (χ0n) is 18.4. The first-order valence-electron chi connectivity index (χ1n) is 10.4. The molecule has 0 aliphatic carbocycles. The number of halogens is 5. The lowest BCUT2D eigenvalue weighted by molar-refractivity contribution is -0.138. The van der Waals surface area contributed by atoms with Crippen molar-refractivity contribution in [2.75, 3.05) is 0 Å². The number of rotatable bonds is 9. The van der Waals surface area contributed by atoms with Gasteiger partial charge in [-0.1, -0.05) is 60.1 Å². The van der Waals surface area contributed by atoms with Crippen LogP contribution >= 0.6 is 31.9 Å². The third-order valence-corrected chi connectivity index (χ3v) is 6.22. The van der Waals surface area contributed by atoms with Crippen molar-refractivity contribution in [2.45, 2.75) is 44.8 Å². The largest absolute Gasteiger partial charge is 0.475 e. The molecule has 0 radical (unpaired) electrons. The van der Waals surface area contributed by atoms with Gasteiger partial charge in [-0.3, -0.25) is 9.59 Å². The highest BCUT2D eigenvalue weighted by Crippen LogP contribution is 2.38. The van der Waals surface area contributed by atoms with Gasteiger partial charge in [0.15, 0.2) is 0 Å². The van der Waals surface area contributed by atoms with E-state index in [1.807, 2.05) is 13.8 Å². The molecule has 0 heterocycles. The minimum absolute atomic E-state index is 0.0338. The normalized spacial score (nSPS) is 13.4. The molecule has 12 heteroatoms. The zero-order valence-corrected chi connectivity index (χ0v) is 21.5. The molecule has 2 amide bonds. The van der Waals surface area contributed by atoms with E-state index in [0.29, 0.717) is 5.56 Å². The van der Waals surface area contributed by atoms with E-state index in [1.165, 1.54) is 6.07 Å². The van der Waals surface area contributed by atoms with Crippen LogP contribution in [0.25, 0.3) is 0 Å². The Labute approximate surface area is 212 Å². The highest BCUT2D eigenvalue weighted by Gasteiger charge is 2.36. The summed E-state index contributed by atoms with van der Waals surface area (Å²) in [5.74, 6) is -2.55. The van der Waals surface area contributed by atoms with Crippen molar-refractivity contribution in [3.63, 3.8) is 0 Å². The first-order valence-corrected chi connectivity index (χ1v) is 12.0. The fourth-order valence-corrected chi connectivity index (χ4v) is 4.39. The second-order valence-corrected chi connectivity index (χ2v) is 9.90. The second kappa shape index (κ2) is 12.2. The van der Waals surface area contributed by atoms with Gasteiger partial charge in [-0.25, -0.2) is 0 Å². The Bertz CT molecular complexity index is 1010. The summed E-state index contributed by atoms with van der Waals surface area (Å²) in [5, 5.41) is 24.3. The molecule has 2 rings (SSSR count). The monoisotopic (exact) mass is 606 g/mol. The molecule has 0 unspecified atom stereocenters. The van der Waals surface area contributed by atoms with Gasteiger partial charge in [0.05, 0.1) is 17.1 Å². The summed E-state index contributed by atoms with van der Waals surface area (Å²) in [6.07, 6.45) is -4.41. The Kier molecular flexibility index (Phi) is 10.2. The summed E-state index contributed by atoms with van der Waals surface area (Å²) >= 11 is 5.86. The number of carbonyl (C=O) groups is 2. The summed E-state index contributed by atoms with van der Waals surface area (Å²) in [6, 6.07) is 9.58. The van der Waals surface area contributed by atoms with Crippen LogP contribution in [0.1, 0.15) is 41.8 Å². The molecule has 0 aliphatic heterocycles. The molecule has 0 spiro atoms. The molecule has 4 N–H and O–H groups in total. The van der Waals surface area contributed by atoms with E-state index < -0.39 is 47.1 Å². The minimum atomic E-state index is -4.71. The number of amides is 2. The Balaban J connectivity index is 2.36. The number of benzene rings is 2. The highest BCUT2D eigenvalue weighted by atomic mass is 79.9. The molecule has 6 nitrogen and oxygen atoms in total. The SMILES string of the molecule is CC(C)C[C@H](NC(=O)[C@H](Cc1ccccc1)NC(=O)c1cc(Br)cc(C(F)(F)F)c1Br)B(O)O. The minimum Gasteiger partial charge on any atom is -0.426 e. The lowest BCUT2D eigenvalue weighted by Gasteiger charge is -2.24. The predicted octanol–water partition coefficient (Wildman–Crippen LogP) is 4.11. The van der Waals surface area contributed by atoms with Crippen LogP contribution in [0.15, 0.2) is 51.4 Å². The van der Waals surface area contributed by atoms with Gasteiger partial charge in [-0.2, -0.15) is 13.2 Å². The Morgan fingerprint density at radius 3 is 2.21 bits per heavy atom. The molecule has 0 aliphatic rings. The van der Waals surface area contributed by atoms with Crippen LogP contribution in [-0.4, -0.2) is 41.0 Å². The van der Waals surface area contributed by atoms with Crippen molar-refractivity contribution in [3.05, 3.63) is 68.1 Å². The number of alkyl halides is 3. The van der Waals surface area contributed by atoms with E-state index in [4.69, 9.17) is 0 Å². The summed E-state index contributed by atoms with van der Waals surface area (Å²) in [5.41, 5.74) is -0.665. The van der Waals surface area contributed by atoms with Crippen molar-refractivity contribution in [2.24, 2.45) is 5.92 Å². The molecular formula is C22H24BBr2F3N2O4. The summed E-state index contributed by atoms with van der Waals surface area (Å²) in [4.78, 5) is 26.0. The Hall–Kier alpha value is -1.89. The van der Waals surface area contributed by atoms with Crippen molar-refractivity contribution in [3.8, 4) is 0 Å². The van der Waals surface area contributed by atoms with E-state index >= 15 is 0 Å². The lowest BCUT2D eigenvalue weighted by Crippen LogP contribution is -2.55. The van der Waals surface area contributed by atoms with Gasteiger partial charge in [0.1, 0.15) is 6.04 Å². The smallest absolute Gasteiger partial charge is 0.426 e. The van der Waals surface area contributed by atoms with Gasteiger partial charge >= 0.3 is 13.3 Å². The van der Waals surface area contributed by atoms with Crippen LogP contribution in [0, 0.1) is 5.92 Å². The van der Waals surface area contributed by atoms with Gasteiger partial charge in [0, 0.05) is 15.4 Å². The molecule has 2 aromatic carbocycles. The van der Waals surface area contributed by atoms with E-state index in [-0.39, 0.29) is 28.8 Å². The topological polar surface area (TPSA) is 98.7 Å². The van der Waals surface area contributed by atoms with Gasteiger partial charge in [0.25, 0.3) is 5.91 Å². The van der Waals surface area contributed by atoms with Gasteiger partial charge < -0.3 is 20.7 Å². The number of carbonyl (C=O) groups excluding carboxylic acids is 2. The lowest BCUT2D eigenvalue weighted by atomic mass is 9.75. The molecule has 0 bridgehead atoms. The van der Waals surface area contributed by atoms with Crippen LogP contribution in [-0.2, 0) is 17.4 Å². The number of hydrogen-bond acceptors (Lipinski definition) is 4. The molecule has 0 saturated carbocycles. The molecule has 0 saturated heterocycles. The molecule has 2 aromatic rings. The van der Waals surface area contributed by atoms with Crippen LogP contribution in [0.2, 0.25) is 0 Å². The van der Waals surface area contributed by atoms with Gasteiger partial charge in [-0.05, 0) is 46.0 Å². The number of hydrogen-bond donors (Lipinski definition) is 4. The third-order valence-electron chi connectivity index (χ3n) is 4.90. The van der Waals surface area contributed by atoms with Crippen molar-refractivity contribution in [1.29, 1.82) is 0 Å². The number of nitrogens with one attached hydrogen (secondary N) is 2. The second-order valence-electron chi connectivity index (χ2n) is 8.19. The van der Waals surface area contributed by atoms with E-state index in [2.05, 4.69) is 42.5 Å². The van der Waals surface area contributed by atoms with Crippen molar-refractivity contribution in [1.82, 2.24) is 10.6 Å². The van der Waals surface area contributed by atoms with E-state index in [0.717, 1.165) is 6.07 Å². The Morgan fingerprint density at radius 2 is 1.68 bits per heavy atom. The van der Waals surface area contributed by atoms with E-state index in [1.54, 1.807) is 30.3 Å². The maximum absolute atomic E-state index is 13.4. The first kappa shape index (κ1) is 28.4. The molecule has 2 atom stereocenters. The highest BCUT2D eigenvalue weighted by molar-refractivity contribution is 9.11. The van der Waals surface area contributed by atoms with Crippen LogP contribution < -0.4 is 10.6 Å². The van der Waals surface area contributed by atoms with Crippen LogP contribution in [0.3, 0.4) is 0 Å². The third kappa shape index (κ3) is 8.11. The molecule has 184 valence electrons. The standard InChI is InChI=1S/C22H24BBr2F3N2O4/c1-12(2)8-18(23(33)34)30-21(32)17(9-13-6-4-3-5-7-13)29-20(31)15-10-14(24)11-16(19(15)25)22(26,27)28/h3-7,10-12,17-18,33-34H,8-9H2,1-2H3,(H,29,31)(H,30,32)/t17-,18-/m0/s1. The fourth-order valence-electron chi connectivity index (χ4n) is 3.30. The molecule has 0 aromatic heterocycles. The van der Waals surface area contributed by atoms with E-state index in [9.17, 15) is 32.8 Å². The quantitative estimate of drug-likeness (QED) is 0.323. The maximum atomic E-state index is 13.4. The van der Waals surface area contributed by atoms with Crippen LogP contribution in [0.4, 0.5) is 13.2 Å². The maximum Gasteiger partial charge on any atom is 0.475 e. The van der Waals surface area contributed by atoms with Gasteiger partial charge in [0.2, 0.25) is 5.91 Å². The summed E-state index contributed by atoms with van der Waals surface area (Å²) in [6.45, 7) is 3.68. The first-order chi connectivity index (χ1) is 15.8.